The second-order valence-corrected chi connectivity index (χ2v) is 6.68. The van der Waals surface area contributed by atoms with Crippen LogP contribution < -0.4 is 10.3 Å². The number of ether oxygens (including phenoxy) is 1. The zero-order chi connectivity index (χ0) is 18.8. The van der Waals surface area contributed by atoms with Crippen LogP contribution in [0.3, 0.4) is 0 Å². The fourth-order valence-corrected chi connectivity index (χ4v) is 3.01. The molecule has 1 heterocycles. The van der Waals surface area contributed by atoms with Crippen LogP contribution in [0.1, 0.15) is 63.1 Å². The van der Waals surface area contributed by atoms with Crippen molar-refractivity contribution in [3.8, 4) is 22.9 Å². The maximum absolute atomic E-state index is 11.9. The van der Waals surface area contributed by atoms with Crippen LogP contribution in [0.15, 0.2) is 35.1 Å². The lowest BCUT2D eigenvalue weighted by Gasteiger charge is -2.09. The number of nitriles is 1. The highest BCUT2D eigenvalue weighted by Crippen LogP contribution is 2.24. The number of pyridine rings is 1. The molecule has 0 saturated heterocycles. The summed E-state index contributed by atoms with van der Waals surface area (Å²) >= 11 is 0. The number of nitrogens with one attached hydrogen (secondary N) is 1. The fourth-order valence-electron chi connectivity index (χ4n) is 3.01. The van der Waals surface area contributed by atoms with Gasteiger partial charge in [-0.15, -0.1) is 0 Å². The minimum Gasteiger partial charge on any atom is -0.494 e. The first kappa shape index (κ1) is 19.8. The number of benzene rings is 1. The summed E-state index contributed by atoms with van der Waals surface area (Å²) in [5.41, 5.74) is 2.05. The number of hydrogen-bond acceptors (Lipinski definition) is 3. The smallest absolute Gasteiger partial charge is 0.266 e. The van der Waals surface area contributed by atoms with E-state index in [-0.39, 0.29) is 11.1 Å². The van der Waals surface area contributed by atoms with E-state index in [1.807, 2.05) is 43.3 Å². The van der Waals surface area contributed by atoms with Crippen LogP contribution in [0.25, 0.3) is 11.1 Å². The van der Waals surface area contributed by atoms with Crippen LogP contribution in [0, 0.1) is 18.3 Å². The van der Waals surface area contributed by atoms with Crippen molar-refractivity contribution in [1.29, 1.82) is 5.26 Å². The summed E-state index contributed by atoms with van der Waals surface area (Å²) in [6.45, 7) is 4.77. The molecular weight excluding hydrogens is 324 g/mol. The van der Waals surface area contributed by atoms with E-state index in [1.54, 1.807) is 0 Å². The molecule has 0 atom stereocenters. The van der Waals surface area contributed by atoms with E-state index in [2.05, 4.69) is 11.9 Å². The Morgan fingerprint density at radius 1 is 1.04 bits per heavy atom. The molecule has 0 aliphatic rings. The second kappa shape index (κ2) is 10.5. The van der Waals surface area contributed by atoms with Crippen molar-refractivity contribution in [2.24, 2.45) is 0 Å². The van der Waals surface area contributed by atoms with Gasteiger partial charge in [0.05, 0.1) is 6.61 Å². The summed E-state index contributed by atoms with van der Waals surface area (Å²) in [4.78, 5) is 14.6. The molecular formula is C22H28N2O2. The molecule has 138 valence electrons. The zero-order valence-corrected chi connectivity index (χ0v) is 15.8. The largest absolute Gasteiger partial charge is 0.494 e. The number of aromatic amines is 1. The van der Waals surface area contributed by atoms with Gasteiger partial charge in [-0.1, -0.05) is 57.6 Å². The maximum atomic E-state index is 11.9. The highest BCUT2D eigenvalue weighted by molar-refractivity contribution is 5.70. The molecule has 4 heteroatoms. The molecule has 2 rings (SSSR count). The van der Waals surface area contributed by atoms with Crippen molar-refractivity contribution in [2.45, 2.75) is 58.8 Å². The third-order valence-corrected chi connectivity index (χ3v) is 4.46. The Kier molecular flexibility index (Phi) is 7.95. The second-order valence-electron chi connectivity index (χ2n) is 6.68. The first-order chi connectivity index (χ1) is 12.7. The van der Waals surface area contributed by atoms with Gasteiger partial charge in [0, 0.05) is 11.3 Å². The molecule has 1 N–H and O–H groups in total. The molecule has 0 radical (unpaired) electrons. The van der Waals surface area contributed by atoms with E-state index in [4.69, 9.17) is 4.74 Å². The van der Waals surface area contributed by atoms with Crippen molar-refractivity contribution in [1.82, 2.24) is 4.98 Å². The van der Waals surface area contributed by atoms with E-state index in [1.165, 1.54) is 38.5 Å². The fraction of sp³-hybridized carbons (Fsp3) is 0.455. The number of H-pyrrole nitrogens is 1. The molecule has 0 fully saturated rings. The first-order valence-electron chi connectivity index (χ1n) is 9.53. The predicted octanol–water partition coefficient (Wildman–Crippen LogP) is 5.35. The van der Waals surface area contributed by atoms with E-state index in [9.17, 15) is 10.1 Å². The molecule has 26 heavy (non-hydrogen) atoms. The first-order valence-corrected chi connectivity index (χ1v) is 9.53. The van der Waals surface area contributed by atoms with E-state index in [0.717, 1.165) is 30.0 Å². The van der Waals surface area contributed by atoms with E-state index in [0.29, 0.717) is 5.56 Å². The Labute approximate surface area is 155 Å². The molecule has 0 aliphatic carbocycles. The average molecular weight is 352 g/mol. The Balaban J connectivity index is 1.88. The Morgan fingerprint density at radius 3 is 2.35 bits per heavy atom. The maximum Gasteiger partial charge on any atom is 0.266 e. The van der Waals surface area contributed by atoms with Gasteiger partial charge in [0.2, 0.25) is 0 Å². The molecule has 0 amide bonds. The normalized spacial score (nSPS) is 10.5. The van der Waals surface area contributed by atoms with Crippen molar-refractivity contribution >= 4 is 0 Å². The lowest BCUT2D eigenvalue weighted by Crippen LogP contribution is -2.12. The van der Waals surface area contributed by atoms with Gasteiger partial charge in [-0.05, 0) is 37.1 Å². The number of aryl methyl sites for hydroxylation is 1. The zero-order valence-electron chi connectivity index (χ0n) is 15.8. The molecule has 0 saturated carbocycles. The Hall–Kier alpha value is -2.54. The number of rotatable bonds is 10. The van der Waals surface area contributed by atoms with Gasteiger partial charge in [0.1, 0.15) is 17.4 Å². The summed E-state index contributed by atoms with van der Waals surface area (Å²) < 4.78 is 5.80. The number of hydrogen-bond donors (Lipinski definition) is 1. The van der Waals surface area contributed by atoms with Crippen LogP contribution in [0.2, 0.25) is 0 Å². The molecule has 1 aromatic carbocycles. The van der Waals surface area contributed by atoms with Gasteiger partial charge >= 0.3 is 0 Å². The Bertz CT molecular complexity index is 785. The number of unbranched alkanes of at least 4 members (excludes halogenated alkanes) is 6. The lowest BCUT2D eigenvalue weighted by molar-refractivity contribution is 0.304. The van der Waals surface area contributed by atoms with Crippen molar-refractivity contribution < 1.29 is 4.74 Å². The predicted molar refractivity (Wildman–Crippen MR) is 105 cm³/mol. The topological polar surface area (TPSA) is 65.9 Å². The van der Waals surface area contributed by atoms with E-state index < -0.39 is 0 Å². The summed E-state index contributed by atoms with van der Waals surface area (Å²) in [6, 6.07) is 11.4. The highest BCUT2D eigenvalue weighted by Gasteiger charge is 2.10. The molecule has 2 aromatic rings. The lowest BCUT2D eigenvalue weighted by atomic mass is 10.0. The molecule has 0 bridgehead atoms. The van der Waals surface area contributed by atoms with Crippen LogP contribution in [-0.4, -0.2) is 11.6 Å². The van der Waals surface area contributed by atoms with E-state index >= 15 is 0 Å². The van der Waals surface area contributed by atoms with Gasteiger partial charge in [-0.2, -0.15) is 5.26 Å². The standard InChI is InChI=1S/C22H28N2O2/c1-3-4-5-6-7-8-9-14-26-19-12-10-18(11-13-19)20-15-17(2)24-22(25)21(20)16-23/h10-13,15H,3-9,14H2,1-2H3,(H,24,25). The van der Waals surface area contributed by atoms with Crippen LogP contribution >= 0.6 is 0 Å². The SMILES string of the molecule is CCCCCCCCCOc1ccc(-c2cc(C)[nH]c(=O)c2C#N)cc1. The summed E-state index contributed by atoms with van der Waals surface area (Å²) in [5.74, 6) is 0.819. The van der Waals surface area contributed by atoms with Crippen molar-refractivity contribution in [3.05, 3.63) is 51.9 Å². The Morgan fingerprint density at radius 2 is 1.69 bits per heavy atom. The monoisotopic (exact) mass is 352 g/mol. The third kappa shape index (κ3) is 5.77. The molecule has 4 nitrogen and oxygen atoms in total. The number of aromatic nitrogens is 1. The van der Waals surface area contributed by atoms with Crippen LogP contribution in [-0.2, 0) is 0 Å². The quantitative estimate of drug-likeness (QED) is 0.586. The third-order valence-electron chi connectivity index (χ3n) is 4.46. The van der Waals surface area contributed by atoms with Crippen molar-refractivity contribution in [3.63, 3.8) is 0 Å². The molecule has 0 spiro atoms. The highest BCUT2D eigenvalue weighted by atomic mass is 16.5. The minimum atomic E-state index is -0.346. The molecule has 0 aliphatic heterocycles. The summed E-state index contributed by atoms with van der Waals surface area (Å²) in [5, 5.41) is 9.25. The van der Waals surface area contributed by atoms with Crippen LogP contribution in [0.5, 0.6) is 5.75 Å². The molecule has 0 unspecified atom stereocenters. The van der Waals surface area contributed by atoms with Gasteiger partial charge in [-0.3, -0.25) is 4.79 Å². The van der Waals surface area contributed by atoms with Gasteiger partial charge in [-0.25, -0.2) is 0 Å². The minimum absolute atomic E-state index is 0.146. The summed E-state index contributed by atoms with van der Waals surface area (Å²) in [7, 11) is 0. The van der Waals surface area contributed by atoms with Gasteiger partial charge in [0.25, 0.3) is 5.56 Å². The van der Waals surface area contributed by atoms with Crippen molar-refractivity contribution in [2.75, 3.05) is 6.61 Å². The van der Waals surface area contributed by atoms with Crippen LogP contribution in [0.4, 0.5) is 0 Å². The molecule has 1 aromatic heterocycles. The summed E-state index contributed by atoms with van der Waals surface area (Å²) in [6.07, 6.45) is 8.83. The number of nitrogens with zero attached hydrogens (tertiary/aromatic N) is 1. The van der Waals surface area contributed by atoms with Gasteiger partial charge < -0.3 is 9.72 Å². The average Bonchev–Trinajstić information content (AvgIpc) is 2.64. The van der Waals surface area contributed by atoms with Gasteiger partial charge in [0.15, 0.2) is 0 Å².